The van der Waals surface area contributed by atoms with Crippen LogP contribution in [0.5, 0.6) is 0 Å². The van der Waals surface area contributed by atoms with Gasteiger partial charge in [0.15, 0.2) is 0 Å². The summed E-state index contributed by atoms with van der Waals surface area (Å²) in [5, 5.41) is 9.74. The molecule has 0 aromatic heterocycles. The molecule has 3 N–H and O–H groups in total. The second kappa shape index (κ2) is 8.04. The average molecular weight is 428 g/mol. The summed E-state index contributed by atoms with van der Waals surface area (Å²) in [5.41, 5.74) is 12.0. The molecule has 1 amide bonds. The molecule has 0 bridgehead atoms. The van der Waals surface area contributed by atoms with Gasteiger partial charge in [0.25, 0.3) is 0 Å². The summed E-state index contributed by atoms with van der Waals surface area (Å²) in [6.07, 6.45) is -0.491. The Morgan fingerprint density at radius 3 is 2.03 bits per heavy atom. The number of carbonyl (C=O) groups is 2. The van der Waals surface area contributed by atoms with Crippen molar-refractivity contribution < 1.29 is 19.4 Å². The van der Waals surface area contributed by atoms with E-state index in [4.69, 9.17) is 10.5 Å². The number of rotatable bonds is 4. The van der Waals surface area contributed by atoms with Crippen molar-refractivity contribution in [1.82, 2.24) is 4.90 Å². The number of nitrogens with two attached hydrogens (primary N) is 1. The zero-order valence-electron chi connectivity index (χ0n) is 17.5. The largest absolute Gasteiger partial charge is 0.481 e. The van der Waals surface area contributed by atoms with Crippen LogP contribution in [0.1, 0.15) is 28.5 Å². The Balaban J connectivity index is 1.33. The number of amides is 1. The maximum absolute atomic E-state index is 12.9. The van der Waals surface area contributed by atoms with E-state index in [-0.39, 0.29) is 31.5 Å². The molecule has 0 radical (unpaired) electrons. The van der Waals surface area contributed by atoms with Crippen molar-refractivity contribution in [2.45, 2.75) is 11.8 Å². The van der Waals surface area contributed by atoms with E-state index in [0.717, 1.165) is 27.8 Å². The molecule has 1 aliphatic heterocycles. The van der Waals surface area contributed by atoms with Gasteiger partial charge in [0, 0.05) is 30.6 Å². The topological polar surface area (TPSA) is 92.9 Å². The molecule has 5 rings (SSSR count). The van der Waals surface area contributed by atoms with Crippen LogP contribution in [0.25, 0.3) is 11.1 Å². The minimum Gasteiger partial charge on any atom is -0.481 e. The minimum atomic E-state index is -0.938. The van der Waals surface area contributed by atoms with E-state index in [0.29, 0.717) is 5.69 Å². The Kier molecular flexibility index (Phi) is 5.05. The Bertz CT molecular complexity index is 1150. The normalized spacial score (nSPS) is 19.4. The average Bonchev–Trinajstić information content (AvgIpc) is 3.38. The predicted octanol–water partition coefficient (Wildman–Crippen LogP) is 4.32. The summed E-state index contributed by atoms with van der Waals surface area (Å²) in [6, 6.07) is 23.5. The van der Waals surface area contributed by atoms with Crippen LogP contribution in [-0.2, 0) is 9.53 Å². The maximum Gasteiger partial charge on any atom is 0.409 e. The monoisotopic (exact) mass is 428 g/mol. The number of fused-ring (bicyclic) bond motifs is 3. The highest BCUT2D eigenvalue weighted by molar-refractivity contribution is 5.79. The molecule has 6 nitrogen and oxygen atoms in total. The van der Waals surface area contributed by atoms with Crippen LogP contribution >= 0.6 is 0 Å². The lowest BCUT2D eigenvalue weighted by Gasteiger charge is -2.19. The lowest BCUT2D eigenvalue weighted by Crippen LogP contribution is -2.31. The van der Waals surface area contributed by atoms with Gasteiger partial charge in [0.2, 0.25) is 0 Å². The molecule has 2 unspecified atom stereocenters. The molecular weight excluding hydrogens is 404 g/mol. The Morgan fingerprint density at radius 2 is 1.44 bits per heavy atom. The zero-order chi connectivity index (χ0) is 22.2. The van der Waals surface area contributed by atoms with Crippen molar-refractivity contribution in [2.75, 3.05) is 25.4 Å². The number of para-hydroxylation sites is 1. The Hall–Kier alpha value is -3.80. The number of anilines is 1. The molecule has 1 heterocycles. The molecule has 1 saturated heterocycles. The molecule has 3 aromatic rings. The van der Waals surface area contributed by atoms with Gasteiger partial charge in [0.05, 0.1) is 5.92 Å². The summed E-state index contributed by atoms with van der Waals surface area (Å²) in [5.74, 6) is -2.06. The first-order valence-electron chi connectivity index (χ1n) is 10.7. The fourth-order valence-corrected chi connectivity index (χ4v) is 5.05. The smallest absolute Gasteiger partial charge is 0.409 e. The van der Waals surface area contributed by atoms with Crippen molar-refractivity contribution in [2.24, 2.45) is 5.92 Å². The molecule has 2 atom stereocenters. The summed E-state index contributed by atoms with van der Waals surface area (Å²) in [4.78, 5) is 26.3. The third kappa shape index (κ3) is 3.38. The predicted molar refractivity (Wildman–Crippen MR) is 121 cm³/mol. The molecule has 0 saturated carbocycles. The lowest BCUT2D eigenvalue weighted by molar-refractivity contribution is -0.141. The van der Waals surface area contributed by atoms with Gasteiger partial charge in [-0.25, -0.2) is 4.79 Å². The van der Waals surface area contributed by atoms with Gasteiger partial charge in [0.1, 0.15) is 6.61 Å². The van der Waals surface area contributed by atoms with E-state index in [9.17, 15) is 14.7 Å². The summed E-state index contributed by atoms with van der Waals surface area (Å²) < 4.78 is 5.73. The van der Waals surface area contributed by atoms with Gasteiger partial charge in [-0.05, 0) is 33.9 Å². The van der Waals surface area contributed by atoms with Gasteiger partial charge >= 0.3 is 12.1 Å². The molecule has 2 aliphatic rings. The van der Waals surface area contributed by atoms with E-state index in [1.165, 1.54) is 4.90 Å². The van der Waals surface area contributed by atoms with Crippen molar-refractivity contribution in [3.63, 3.8) is 0 Å². The quantitative estimate of drug-likeness (QED) is 0.604. The van der Waals surface area contributed by atoms with Gasteiger partial charge < -0.3 is 20.5 Å². The summed E-state index contributed by atoms with van der Waals surface area (Å²) in [7, 11) is 0. The lowest BCUT2D eigenvalue weighted by atomic mass is 9.88. The zero-order valence-corrected chi connectivity index (χ0v) is 17.5. The fourth-order valence-electron chi connectivity index (χ4n) is 5.05. The number of carboxylic acid groups (broad SMARTS) is 1. The van der Waals surface area contributed by atoms with Crippen LogP contribution in [-0.4, -0.2) is 41.8 Å². The summed E-state index contributed by atoms with van der Waals surface area (Å²) in [6.45, 7) is 0.575. The van der Waals surface area contributed by atoms with Crippen molar-refractivity contribution in [1.29, 1.82) is 0 Å². The van der Waals surface area contributed by atoms with E-state index in [1.807, 2.05) is 42.5 Å². The number of carbonyl (C=O) groups excluding carboxylic acids is 1. The van der Waals surface area contributed by atoms with E-state index < -0.39 is 18.0 Å². The van der Waals surface area contributed by atoms with E-state index in [1.54, 1.807) is 6.07 Å². The number of aliphatic carboxylic acids is 1. The first kappa shape index (κ1) is 20.1. The van der Waals surface area contributed by atoms with Crippen LogP contribution in [0, 0.1) is 5.92 Å². The number of carboxylic acids is 1. The molecule has 6 heteroatoms. The number of likely N-dealkylation sites (tertiary alicyclic amines) is 1. The second-order valence-corrected chi connectivity index (χ2v) is 8.39. The van der Waals surface area contributed by atoms with Crippen LogP contribution in [0.4, 0.5) is 10.5 Å². The van der Waals surface area contributed by atoms with Crippen molar-refractivity contribution in [3.05, 3.63) is 89.5 Å². The number of nitrogen functional groups attached to an aromatic ring is 1. The van der Waals surface area contributed by atoms with Gasteiger partial charge in [-0.2, -0.15) is 0 Å². The SMILES string of the molecule is Nc1ccccc1C1CN(C(=O)OCC2c3ccccc3-c3ccccc32)CC1C(=O)O. The molecular formula is C26H24N2O4. The minimum absolute atomic E-state index is 0.0372. The second-order valence-electron chi connectivity index (χ2n) is 8.39. The molecule has 1 fully saturated rings. The highest BCUT2D eigenvalue weighted by Gasteiger charge is 2.42. The van der Waals surface area contributed by atoms with E-state index >= 15 is 0 Å². The van der Waals surface area contributed by atoms with Crippen LogP contribution < -0.4 is 5.73 Å². The van der Waals surface area contributed by atoms with Gasteiger partial charge in [-0.1, -0.05) is 66.7 Å². The van der Waals surface area contributed by atoms with Crippen molar-refractivity contribution >= 4 is 17.7 Å². The molecule has 3 aromatic carbocycles. The summed E-state index contributed by atoms with van der Waals surface area (Å²) >= 11 is 0. The first-order valence-corrected chi connectivity index (χ1v) is 10.7. The van der Waals surface area contributed by atoms with Gasteiger partial charge in [-0.15, -0.1) is 0 Å². The third-order valence-electron chi connectivity index (χ3n) is 6.63. The number of hydrogen-bond donors (Lipinski definition) is 2. The molecule has 1 aliphatic carbocycles. The molecule has 32 heavy (non-hydrogen) atoms. The molecule has 162 valence electrons. The first-order chi connectivity index (χ1) is 15.5. The van der Waals surface area contributed by atoms with Gasteiger partial charge in [-0.3, -0.25) is 4.79 Å². The standard InChI is InChI=1S/C26H24N2O4/c27-24-12-6-5-11-20(24)21-13-28(14-22(21)25(29)30)26(31)32-15-23-18-9-3-1-7-16(18)17-8-2-4-10-19(17)23/h1-12,21-23H,13-15,27H2,(H,29,30). The van der Waals surface area contributed by atoms with E-state index in [2.05, 4.69) is 24.3 Å². The Morgan fingerprint density at radius 1 is 0.875 bits per heavy atom. The Labute approximate surface area is 186 Å². The highest BCUT2D eigenvalue weighted by atomic mass is 16.6. The number of ether oxygens (including phenoxy) is 1. The van der Waals surface area contributed by atoms with Crippen molar-refractivity contribution in [3.8, 4) is 11.1 Å². The van der Waals surface area contributed by atoms with Crippen LogP contribution in [0.2, 0.25) is 0 Å². The fraction of sp³-hybridized carbons (Fsp3) is 0.231. The highest BCUT2D eigenvalue weighted by Crippen LogP contribution is 2.44. The maximum atomic E-state index is 12.9. The third-order valence-corrected chi connectivity index (χ3v) is 6.63. The number of hydrogen-bond acceptors (Lipinski definition) is 4. The number of nitrogens with zero attached hydrogens (tertiary/aromatic N) is 1. The number of benzene rings is 3. The van der Waals surface area contributed by atoms with Crippen LogP contribution in [0.15, 0.2) is 72.8 Å². The molecule has 0 spiro atoms. The van der Waals surface area contributed by atoms with Crippen LogP contribution in [0.3, 0.4) is 0 Å².